The van der Waals surface area contributed by atoms with Gasteiger partial charge in [0.2, 0.25) is 0 Å². The van der Waals surface area contributed by atoms with Crippen molar-refractivity contribution in [2.45, 2.75) is 39.3 Å². The Bertz CT molecular complexity index is 451. The number of aliphatic hydroxyl groups is 1. The first-order valence-corrected chi connectivity index (χ1v) is 5.59. The van der Waals surface area contributed by atoms with Gasteiger partial charge in [0.25, 0.3) is 11.5 Å². The summed E-state index contributed by atoms with van der Waals surface area (Å²) in [6, 6.07) is 3.00. The first-order chi connectivity index (χ1) is 7.90. The fraction of sp³-hybridized carbons (Fsp3) is 0.500. The lowest BCUT2D eigenvalue weighted by Gasteiger charge is -2.15. The van der Waals surface area contributed by atoms with Gasteiger partial charge >= 0.3 is 0 Å². The van der Waals surface area contributed by atoms with Crippen LogP contribution in [0.2, 0.25) is 0 Å². The average molecular weight is 238 g/mol. The molecule has 1 amide bonds. The first-order valence-electron chi connectivity index (χ1n) is 5.59. The molecule has 0 aliphatic heterocycles. The second kappa shape index (κ2) is 5.63. The molecule has 2 atom stereocenters. The maximum Gasteiger partial charge on any atom is 0.260 e. The van der Waals surface area contributed by atoms with Gasteiger partial charge in [-0.15, -0.1) is 0 Å². The minimum atomic E-state index is -0.485. The number of pyridine rings is 1. The molecule has 2 unspecified atom stereocenters. The van der Waals surface area contributed by atoms with Crippen LogP contribution in [0, 0.1) is 6.92 Å². The van der Waals surface area contributed by atoms with Gasteiger partial charge in [-0.05, 0) is 39.3 Å². The number of rotatable bonds is 4. The number of nitrogens with one attached hydrogen (secondary N) is 2. The monoisotopic (exact) mass is 238 g/mol. The number of carbonyl (C=O) groups excluding carboxylic acids is 1. The molecular weight excluding hydrogens is 220 g/mol. The predicted molar refractivity (Wildman–Crippen MR) is 65.0 cm³/mol. The van der Waals surface area contributed by atoms with Gasteiger partial charge in [-0.25, -0.2) is 0 Å². The molecule has 5 nitrogen and oxygen atoms in total. The van der Waals surface area contributed by atoms with Crippen LogP contribution in [0.3, 0.4) is 0 Å². The molecule has 0 aromatic carbocycles. The lowest BCUT2D eigenvalue weighted by molar-refractivity contribution is 0.0921. The zero-order chi connectivity index (χ0) is 13.0. The molecule has 5 heteroatoms. The Labute approximate surface area is 99.9 Å². The summed E-state index contributed by atoms with van der Waals surface area (Å²) in [4.78, 5) is 25.8. The Balaban J connectivity index is 2.73. The maximum atomic E-state index is 11.8. The zero-order valence-corrected chi connectivity index (χ0v) is 10.3. The molecule has 0 saturated carbocycles. The number of aryl methyl sites for hydroxylation is 1. The lowest BCUT2D eigenvalue weighted by Crippen LogP contribution is -2.37. The second-order valence-corrected chi connectivity index (χ2v) is 4.34. The fourth-order valence-electron chi connectivity index (χ4n) is 1.62. The highest BCUT2D eigenvalue weighted by Crippen LogP contribution is 1.99. The highest BCUT2D eigenvalue weighted by molar-refractivity contribution is 5.93. The molecule has 1 heterocycles. The summed E-state index contributed by atoms with van der Waals surface area (Å²) < 4.78 is 0. The molecule has 0 bridgehead atoms. The van der Waals surface area contributed by atoms with Crippen molar-refractivity contribution < 1.29 is 9.90 Å². The summed E-state index contributed by atoms with van der Waals surface area (Å²) in [7, 11) is 0. The van der Waals surface area contributed by atoms with Gasteiger partial charge in [0, 0.05) is 11.7 Å². The van der Waals surface area contributed by atoms with E-state index < -0.39 is 17.6 Å². The molecule has 17 heavy (non-hydrogen) atoms. The van der Waals surface area contributed by atoms with E-state index in [-0.39, 0.29) is 11.6 Å². The highest BCUT2D eigenvalue weighted by Gasteiger charge is 2.14. The van der Waals surface area contributed by atoms with E-state index in [1.807, 2.05) is 0 Å². The predicted octanol–water partition coefficient (Wildman–Crippen LogP) is 0.573. The molecule has 94 valence electrons. The van der Waals surface area contributed by atoms with Gasteiger partial charge in [-0.2, -0.15) is 0 Å². The van der Waals surface area contributed by atoms with E-state index in [1.165, 1.54) is 6.07 Å². The largest absolute Gasteiger partial charge is 0.393 e. The molecule has 3 N–H and O–H groups in total. The standard InChI is InChI=1S/C12H18N2O3/c1-7-4-5-10(11(16)13-7)12(17)14-8(2)6-9(3)15/h4-5,8-9,15H,6H2,1-3H3,(H,13,16)(H,14,17). The van der Waals surface area contributed by atoms with Crippen LogP contribution in [-0.2, 0) is 0 Å². The van der Waals surface area contributed by atoms with E-state index >= 15 is 0 Å². The SMILES string of the molecule is Cc1ccc(C(=O)NC(C)CC(C)O)c(=O)[nH]1. The van der Waals surface area contributed by atoms with E-state index in [1.54, 1.807) is 26.8 Å². The van der Waals surface area contributed by atoms with Gasteiger partial charge in [0.05, 0.1) is 6.10 Å². The maximum absolute atomic E-state index is 11.8. The number of hydrogen-bond acceptors (Lipinski definition) is 3. The van der Waals surface area contributed by atoms with Crippen molar-refractivity contribution in [1.29, 1.82) is 0 Å². The Morgan fingerprint density at radius 3 is 2.65 bits per heavy atom. The number of H-pyrrole nitrogens is 1. The minimum Gasteiger partial charge on any atom is -0.393 e. The van der Waals surface area contributed by atoms with Crippen molar-refractivity contribution in [1.82, 2.24) is 10.3 Å². The van der Waals surface area contributed by atoms with E-state index in [9.17, 15) is 14.7 Å². The van der Waals surface area contributed by atoms with Crippen molar-refractivity contribution in [3.63, 3.8) is 0 Å². The summed E-state index contributed by atoms with van der Waals surface area (Å²) in [6.07, 6.45) is -0.0308. The van der Waals surface area contributed by atoms with Crippen LogP contribution in [0.5, 0.6) is 0 Å². The van der Waals surface area contributed by atoms with Crippen molar-refractivity contribution in [2.24, 2.45) is 0 Å². The van der Waals surface area contributed by atoms with Crippen molar-refractivity contribution >= 4 is 5.91 Å². The third-order valence-electron chi connectivity index (χ3n) is 2.37. The quantitative estimate of drug-likeness (QED) is 0.717. The number of amides is 1. The minimum absolute atomic E-state index is 0.0908. The van der Waals surface area contributed by atoms with E-state index in [4.69, 9.17) is 0 Å². The number of hydrogen-bond donors (Lipinski definition) is 3. The second-order valence-electron chi connectivity index (χ2n) is 4.34. The van der Waals surface area contributed by atoms with Gasteiger partial charge in [0.15, 0.2) is 0 Å². The number of aromatic amines is 1. The lowest BCUT2D eigenvalue weighted by atomic mass is 10.1. The molecule has 0 aliphatic carbocycles. The number of carbonyl (C=O) groups is 1. The van der Waals surface area contributed by atoms with Crippen LogP contribution in [0.4, 0.5) is 0 Å². The Hall–Kier alpha value is -1.62. The average Bonchev–Trinajstić information content (AvgIpc) is 2.15. The number of aliphatic hydroxyl groups excluding tert-OH is 1. The van der Waals surface area contributed by atoms with Gasteiger partial charge in [0.1, 0.15) is 5.56 Å². The Morgan fingerprint density at radius 1 is 1.47 bits per heavy atom. The van der Waals surface area contributed by atoms with Crippen molar-refractivity contribution in [2.75, 3.05) is 0 Å². The molecule has 1 aromatic rings. The highest BCUT2D eigenvalue weighted by atomic mass is 16.3. The molecular formula is C12H18N2O3. The van der Waals surface area contributed by atoms with Crippen LogP contribution in [0.1, 0.15) is 36.3 Å². The summed E-state index contributed by atoms with van der Waals surface area (Å²) in [6.45, 7) is 5.19. The summed E-state index contributed by atoms with van der Waals surface area (Å²) >= 11 is 0. The van der Waals surface area contributed by atoms with Gasteiger partial charge in [-0.3, -0.25) is 9.59 Å². The third-order valence-corrected chi connectivity index (χ3v) is 2.37. The Morgan fingerprint density at radius 2 is 2.12 bits per heavy atom. The number of aromatic nitrogens is 1. The topological polar surface area (TPSA) is 82.2 Å². The zero-order valence-electron chi connectivity index (χ0n) is 10.3. The molecule has 0 spiro atoms. The van der Waals surface area contributed by atoms with Crippen molar-refractivity contribution in [3.05, 3.63) is 33.7 Å². The summed E-state index contributed by atoms with van der Waals surface area (Å²) in [5.41, 5.74) is 0.406. The van der Waals surface area contributed by atoms with Crippen LogP contribution < -0.4 is 10.9 Å². The van der Waals surface area contributed by atoms with Gasteiger partial charge in [-0.1, -0.05) is 0 Å². The Kier molecular flexibility index (Phi) is 4.45. The van der Waals surface area contributed by atoms with E-state index in [0.717, 1.165) is 0 Å². The third kappa shape index (κ3) is 4.03. The summed E-state index contributed by atoms with van der Waals surface area (Å²) in [5, 5.41) is 11.8. The molecule has 1 aromatic heterocycles. The van der Waals surface area contributed by atoms with Crippen molar-refractivity contribution in [3.8, 4) is 0 Å². The van der Waals surface area contributed by atoms with Crippen LogP contribution in [0.15, 0.2) is 16.9 Å². The molecule has 0 aliphatic rings. The summed E-state index contributed by atoms with van der Waals surface area (Å²) in [5.74, 6) is -0.417. The van der Waals surface area contributed by atoms with Gasteiger partial charge < -0.3 is 15.4 Å². The van der Waals surface area contributed by atoms with Crippen LogP contribution in [0.25, 0.3) is 0 Å². The normalized spacial score (nSPS) is 14.1. The van der Waals surface area contributed by atoms with Crippen LogP contribution >= 0.6 is 0 Å². The molecule has 0 radical (unpaired) electrons. The van der Waals surface area contributed by atoms with Crippen LogP contribution in [-0.4, -0.2) is 28.1 Å². The fourth-order valence-corrected chi connectivity index (χ4v) is 1.62. The van der Waals surface area contributed by atoms with E-state index in [0.29, 0.717) is 12.1 Å². The van der Waals surface area contributed by atoms with E-state index in [2.05, 4.69) is 10.3 Å². The smallest absolute Gasteiger partial charge is 0.260 e. The molecule has 0 saturated heterocycles. The molecule has 0 fully saturated rings. The molecule has 1 rings (SSSR count). The first kappa shape index (κ1) is 13.4.